The largest absolute Gasteiger partial charge is 0.271 e. The number of hydrazine groups is 1. The second-order valence-corrected chi connectivity index (χ2v) is 5.81. The maximum atomic E-state index is 5.71. The Balaban J connectivity index is 2.21. The third-order valence-corrected chi connectivity index (χ3v) is 3.96. The van der Waals surface area contributed by atoms with Crippen molar-refractivity contribution in [1.82, 2.24) is 5.43 Å². The number of halogens is 1. The van der Waals surface area contributed by atoms with Gasteiger partial charge in [-0.05, 0) is 54.7 Å². The van der Waals surface area contributed by atoms with Crippen LogP contribution in [0.15, 0.2) is 46.9 Å². The number of benzene rings is 2. The van der Waals surface area contributed by atoms with Gasteiger partial charge < -0.3 is 0 Å². The summed E-state index contributed by atoms with van der Waals surface area (Å²) in [4.78, 5) is 0. The Kier molecular flexibility index (Phi) is 4.75. The summed E-state index contributed by atoms with van der Waals surface area (Å²) >= 11 is 3.50. The Bertz CT molecular complexity index is 566. The van der Waals surface area contributed by atoms with Gasteiger partial charge >= 0.3 is 0 Å². The van der Waals surface area contributed by atoms with Crippen LogP contribution in [0.25, 0.3) is 0 Å². The number of aryl methyl sites for hydroxylation is 2. The Morgan fingerprint density at radius 1 is 1.11 bits per heavy atom. The molecule has 3 heteroatoms. The van der Waals surface area contributed by atoms with E-state index in [1.54, 1.807) is 0 Å². The average Bonchev–Trinajstić information content (AvgIpc) is 2.40. The fourth-order valence-corrected chi connectivity index (χ4v) is 2.58. The van der Waals surface area contributed by atoms with Crippen LogP contribution in [0.5, 0.6) is 0 Å². The predicted octanol–water partition coefficient (Wildman–Crippen LogP) is 3.81. The van der Waals surface area contributed by atoms with E-state index in [-0.39, 0.29) is 6.04 Å². The summed E-state index contributed by atoms with van der Waals surface area (Å²) in [7, 11) is 0. The molecule has 1 unspecified atom stereocenters. The first-order valence-corrected chi connectivity index (χ1v) is 7.17. The Morgan fingerprint density at radius 3 is 2.53 bits per heavy atom. The lowest BCUT2D eigenvalue weighted by Gasteiger charge is -2.17. The molecule has 0 saturated carbocycles. The lowest BCUT2D eigenvalue weighted by atomic mass is 9.97. The highest BCUT2D eigenvalue weighted by Crippen LogP contribution is 2.22. The van der Waals surface area contributed by atoms with E-state index in [9.17, 15) is 0 Å². The fraction of sp³-hybridized carbons (Fsp3) is 0.250. The molecule has 100 valence electrons. The molecule has 0 fully saturated rings. The quantitative estimate of drug-likeness (QED) is 0.664. The van der Waals surface area contributed by atoms with Gasteiger partial charge in [-0.3, -0.25) is 11.3 Å². The van der Waals surface area contributed by atoms with Crippen molar-refractivity contribution < 1.29 is 0 Å². The smallest absolute Gasteiger partial charge is 0.0500 e. The minimum Gasteiger partial charge on any atom is -0.271 e. The summed E-state index contributed by atoms with van der Waals surface area (Å²) in [6.07, 6.45) is 0.883. The van der Waals surface area contributed by atoms with Crippen molar-refractivity contribution in [2.24, 2.45) is 5.84 Å². The second-order valence-electron chi connectivity index (χ2n) is 4.90. The summed E-state index contributed by atoms with van der Waals surface area (Å²) in [6.45, 7) is 4.27. The molecule has 0 saturated heterocycles. The van der Waals surface area contributed by atoms with Gasteiger partial charge in [-0.15, -0.1) is 0 Å². The summed E-state index contributed by atoms with van der Waals surface area (Å²) in [6, 6.07) is 14.9. The molecule has 0 amide bonds. The van der Waals surface area contributed by atoms with Gasteiger partial charge in [0.05, 0.1) is 6.04 Å². The molecule has 0 aliphatic rings. The summed E-state index contributed by atoms with van der Waals surface area (Å²) in [5.74, 6) is 5.71. The van der Waals surface area contributed by atoms with E-state index >= 15 is 0 Å². The maximum Gasteiger partial charge on any atom is 0.0500 e. The molecule has 2 nitrogen and oxygen atoms in total. The van der Waals surface area contributed by atoms with E-state index in [1.165, 1.54) is 22.3 Å². The molecule has 0 aromatic heterocycles. The number of hydrogen-bond donors (Lipinski definition) is 2. The number of nitrogens with two attached hydrogens (primary N) is 1. The van der Waals surface area contributed by atoms with E-state index in [2.05, 4.69) is 65.5 Å². The number of hydrogen-bond acceptors (Lipinski definition) is 2. The van der Waals surface area contributed by atoms with Gasteiger partial charge in [0.25, 0.3) is 0 Å². The Morgan fingerprint density at radius 2 is 1.89 bits per heavy atom. The third kappa shape index (κ3) is 3.66. The fourth-order valence-electron chi connectivity index (χ4n) is 2.16. The van der Waals surface area contributed by atoms with Crippen LogP contribution in [-0.2, 0) is 6.42 Å². The standard InChI is InChI=1S/C16H19BrN2/c1-11-6-7-13(8-12(11)2)9-16(19-18)14-4-3-5-15(17)10-14/h3-8,10,16,19H,9,18H2,1-2H3. The van der Waals surface area contributed by atoms with Crippen LogP contribution in [0.1, 0.15) is 28.3 Å². The molecular formula is C16H19BrN2. The van der Waals surface area contributed by atoms with Crippen LogP contribution in [0.3, 0.4) is 0 Å². The van der Waals surface area contributed by atoms with Crippen LogP contribution in [0.2, 0.25) is 0 Å². The minimum absolute atomic E-state index is 0.125. The predicted molar refractivity (Wildman–Crippen MR) is 83.8 cm³/mol. The highest BCUT2D eigenvalue weighted by molar-refractivity contribution is 9.10. The van der Waals surface area contributed by atoms with Crippen molar-refractivity contribution in [2.75, 3.05) is 0 Å². The van der Waals surface area contributed by atoms with Gasteiger partial charge in [0.15, 0.2) is 0 Å². The molecule has 2 rings (SSSR count). The lowest BCUT2D eigenvalue weighted by Crippen LogP contribution is -2.29. The molecule has 2 aromatic carbocycles. The van der Waals surface area contributed by atoms with Crippen molar-refractivity contribution in [3.05, 3.63) is 69.2 Å². The van der Waals surface area contributed by atoms with Gasteiger partial charge in [-0.2, -0.15) is 0 Å². The van der Waals surface area contributed by atoms with Gasteiger partial charge in [-0.1, -0.05) is 46.3 Å². The van der Waals surface area contributed by atoms with E-state index in [0.717, 1.165) is 10.9 Å². The van der Waals surface area contributed by atoms with Crippen LogP contribution in [0.4, 0.5) is 0 Å². The maximum absolute atomic E-state index is 5.71. The van der Waals surface area contributed by atoms with Crippen molar-refractivity contribution >= 4 is 15.9 Å². The molecule has 3 N–H and O–H groups in total. The molecule has 0 radical (unpaired) electrons. The zero-order valence-corrected chi connectivity index (χ0v) is 12.9. The van der Waals surface area contributed by atoms with Crippen molar-refractivity contribution in [3.8, 4) is 0 Å². The summed E-state index contributed by atoms with van der Waals surface area (Å²) in [5.41, 5.74) is 8.04. The van der Waals surface area contributed by atoms with E-state index in [1.807, 2.05) is 12.1 Å². The molecule has 0 bridgehead atoms. The molecule has 0 spiro atoms. The highest BCUT2D eigenvalue weighted by atomic mass is 79.9. The van der Waals surface area contributed by atoms with Crippen molar-refractivity contribution in [1.29, 1.82) is 0 Å². The third-order valence-electron chi connectivity index (χ3n) is 3.46. The second kappa shape index (κ2) is 6.33. The van der Waals surface area contributed by atoms with Gasteiger partial charge in [0, 0.05) is 4.47 Å². The SMILES string of the molecule is Cc1ccc(CC(NN)c2cccc(Br)c2)cc1C. The van der Waals surface area contributed by atoms with Crippen molar-refractivity contribution in [2.45, 2.75) is 26.3 Å². The zero-order chi connectivity index (χ0) is 13.8. The molecular weight excluding hydrogens is 300 g/mol. The summed E-state index contributed by atoms with van der Waals surface area (Å²) in [5, 5.41) is 0. The van der Waals surface area contributed by atoms with E-state index in [0.29, 0.717) is 0 Å². The molecule has 0 aliphatic heterocycles. The zero-order valence-electron chi connectivity index (χ0n) is 11.3. The lowest BCUT2D eigenvalue weighted by molar-refractivity contribution is 0.551. The molecule has 0 heterocycles. The normalized spacial score (nSPS) is 12.4. The monoisotopic (exact) mass is 318 g/mol. The number of rotatable bonds is 4. The highest BCUT2D eigenvalue weighted by Gasteiger charge is 2.11. The van der Waals surface area contributed by atoms with Crippen LogP contribution in [0, 0.1) is 13.8 Å². The molecule has 0 aliphatic carbocycles. The first-order valence-electron chi connectivity index (χ1n) is 6.38. The molecule has 19 heavy (non-hydrogen) atoms. The average molecular weight is 319 g/mol. The van der Waals surface area contributed by atoms with Gasteiger partial charge in [0.2, 0.25) is 0 Å². The van der Waals surface area contributed by atoms with E-state index < -0.39 is 0 Å². The van der Waals surface area contributed by atoms with Crippen molar-refractivity contribution in [3.63, 3.8) is 0 Å². The molecule has 1 atom stereocenters. The first kappa shape index (κ1) is 14.3. The topological polar surface area (TPSA) is 38.0 Å². The van der Waals surface area contributed by atoms with E-state index in [4.69, 9.17) is 5.84 Å². The first-order chi connectivity index (χ1) is 9.10. The Hall–Kier alpha value is -1.16. The van der Waals surface area contributed by atoms with Crippen LogP contribution in [-0.4, -0.2) is 0 Å². The molecule has 2 aromatic rings. The minimum atomic E-state index is 0.125. The Labute approximate surface area is 123 Å². The summed E-state index contributed by atoms with van der Waals surface area (Å²) < 4.78 is 1.07. The number of nitrogens with one attached hydrogen (secondary N) is 1. The van der Waals surface area contributed by atoms with Crippen LogP contribution < -0.4 is 11.3 Å². The van der Waals surface area contributed by atoms with Crippen LogP contribution >= 0.6 is 15.9 Å². The van der Waals surface area contributed by atoms with Gasteiger partial charge in [-0.25, -0.2) is 0 Å². The van der Waals surface area contributed by atoms with Gasteiger partial charge in [0.1, 0.15) is 0 Å².